The molecule has 2 nitrogen and oxygen atoms in total. The molecule has 1 aromatic carbocycles. The monoisotopic (exact) mass is 255 g/mol. The van der Waals surface area contributed by atoms with E-state index in [1.807, 2.05) is 24.3 Å². The van der Waals surface area contributed by atoms with Crippen molar-refractivity contribution in [1.29, 1.82) is 0 Å². The fourth-order valence-electron chi connectivity index (χ4n) is 1.34. The minimum Gasteiger partial charge on any atom is -0.312 e. The summed E-state index contributed by atoms with van der Waals surface area (Å²) in [4.78, 5) is 13.2. The van der Waals surface area contributed by atoms with Gasteiger partial charge in [0.05, 0.1) is 5.69 Å². The smallest absolute Gasteiger partial charge is 0.223 e. The first-order valence-electron chi connectivity index (χ1n) is 4.69. The van der Waals surface area contributed by atoms with Crippen LogP contribution < -0.4 is 4.90 Å². The van der Waals surface area contributed by atoms with Crippen molar-refractivity contribution >= 4 is 27.5 Å². The fourth-order valence-corrected chi connectivity index (χ4v) is 1.84. The van der Waals surface area contributed by atoms with Crippen LogP contribution in [-0.4, -0.2) is 12.5 Å². The van der Waals surface area contributed by atoms with Gasteiger partial charge in [-0.05, 0) is 34.5 Å². The van der Waals surface area contributed by atoms with Crippen LogP contribution in [0.2, 0.25) is 0 Å². The van der Waals surface area contributed by atoms with E-state index in [1.165, 1.54) is 0 Å². The van der Waals surface area contributed by atoms with E-state index in [1.54, 1.807) is 11.8 Å². The Labute approximate surface area is 93.0 Å². The molecule has 0 N–H and O–H groups in total. The summed E-state index contributed by atoms with van der Waals surface area (Å²) in [7, 11) is 0. The minimum absolute atomic E-state index is 0.0822. The minimum atomic E-state index is 0.0822. The third kappa shape index (κ3) is 2.58. The van der Waals surface area contributed by atoms with Gasteiger partial charge in [0, 0.05) is 17.9 Å². The topological polar surface area (TPSA) is 20.3 Å². The lowest BCUT2D eigenvalue weighted by molar-refractivity contribution is -0.116. The number of rotatable bonds is 3. The number of nitrogens with zero attached hydrogens (tertiary/aromatic N) is 1. The van der Waals surface area contributed by atoms with E-state index in [9.17, 15) is 4.79 Å². The molecule has 0 aliphatic heterocycles. The Hall–Kier alpha value is -0.830. The third-order valence-electron chi connectivity index (χ3n) is 1.97. The molecule has 0 saturated heterocycles. The van der Waals surface area contributed by atoms with Crippen LogP contribution in [0.3, 0.4) is 0 Å². The van der Waals surface area contributed by atoms with Gasteiger partial charge >= 0.3 is 0 Å². The second kappa shape index (κ2) is 5.15. The predicted molar refractivity (Wildman–Crippen MR) is 62.5 cm³/mol. The van der Waals surface area contributed by atoms with Crippen molar-refractivity contribution in [2.24, 2.45) is 0 Å². The zero-order chi connectivity index (χ0) is 10.6. The standard InChI is InChI=1S/C11H14BrNO/c1-3-8-13(9(2)14)11-7-5-4-6-10(11)12/h4-7H,3,8H2,1-2H3. The van der Waals surface area contributed by atoms with Crippen molar-refractivity contribution in [3.8, 4) is 0 Å². The number of amides is 1. The van der Waals surface area contributed by atoms with Crippen LogP contribution in [0, 0.1) is 0 Å². The van der Waals surface area contributed by atoms with Crippen molar-refractivity contribution in [1.82, 2.24) is 0 Å². The first-order valence-corrected chi connectivity index (χ1v) is 5.48. The number of benzene rings is 1. The van der Waals surface area contributed by atoms with Gasteiger partial charge in [-0.25, -0.2) is 0 Å². The highest BCUT2D eigenvalue weighted by molar-refractivity contribution is 9.10. The number of carbonyl (C=O) groups is 1. The molecule has 1 aromatic rings. The lowest BCUT2D eigenvalue weighted by Gasteiger charge is -2.21. The molecule has 1 amide bonds. The van der Waals surface area contributed by atoms with Gasteiger partial charge < -0.3 is 4.90 Å². The summed E-state index contributed by atoms with van der Waals surface area (Å²) in [6.07, 6.45) is 0.959. The predicted octanol–water partition coefficient (Wildman–Crippen LogP) is 3.21. The molecular formula is C11H14BrNO. The second-order valence-electron chi connectivity index (χ2n) is 3.12. The lowest BCUT2D eigenvalue weighted by atomic mass is 10.2. The van der Waals surface area contributed by atoms with E-state index in [0.717, 1.165) is 23.1 Å². The summed E-state index contributed by atoms with van der Waals surface area (Å²) in [5.41, 5.74) is 0.946. The van der Waals surface area contributed by atoms with Crippen LogP contribution in [0.25, 0.3) is 0 Å². The average Bonchev–Trinajstić information content (AvgIpc) is 2.15. The Morgan fingerprint density at radius 1 is 1.43 bits per heavy atom. The fraction of sp³-hybridized carbons (Fsp3) is 0.364. The highest BCUT2D eigenvalue weighted by atomic mass is 79.9. The molecule has 0 fully saturated rings. The average molecular weight is 256 g/mol. The molecule has 0 spiro atoms. The van der Waals surface area contributed by atoms with Gasteiger partial charge in [0.2, 0.25) is 5.91 Å². The summed E-state index contributed by atoms with van der Waals surface area (Å²) in [5.74, 6) is 0.0822. The Morgan fingerprint density at radius 2 is 2.07 bits per heavy atom. The van der Waals surface area contributed by atoms with Crippen molar-refractivity contribution < 1.29 is 4.79 Å². The quantitative estimate of drug-likeness (QED) is 0.813. The molecule has 0 unspecified atom stereocenters. The zero-order valence-corrected chi connectivity index (χ0v) is 10.0. The molecule has 14 heavy (non-hydrogen) atoms. The van der Waals surface area contributed by atoms with E-state index in [0.29, 0.717) is 0 Å². The van der Waals surface area contributed by atoms with Crippen molar-refractivity contribution in [2.75, 3.05) is 11.4 Å². The molecule has 1 rings (SSSR count). The molecule has 3 heteroatoms. The number of hydrogen-bond acceptors (Lipinski definition) is 1. The van der Waals surface area contributed by atoms with Gasteiger partial charge in [-0.3, -0.25) is 4.79 Å². The Morgan fingerprint density at radius 3 is 2.57 bits per heavy atom. The zero-order valence-electron chi connectivity index (χ0n) is 8.46. The SMILES string of the molecule is CCCN(C(C)=O)c1ccccc1Br. The Kier molecular flexibility index (Phi) is 4.14. The number of halogens is 1. The highest BCUT2D eigenvalue weighted by Gasteiger charge is 2.12. The van der Waals surface area contributed by atoms with Gasteiger partial charge in [0.1, 0.15) is 0 Å². The van der Waals surface area contributed by atoms with Crippen molar-refractivity contribution in [2.45, 2.75) is 20.3 Å². The maximum Gasteiger partial charge on any atom is 0.223 e. The van der Waals surface area contributed by atoms with Crippen LogP contribution in [0.5, 0.6) is 0 Å². The van der Waals surface area contributed by atoms with Crippen LogP contribution in [0.15, 0.2) is 28.7 Å². The summed E-state index contributed by atoms with van der Waals surface area (Å²) in [5, 5.41) is 0. The summed E-state index contributed by atoms with van der Waals surface area (Å²) < 4.78 is 0.962. The van der Waals surface area contributed by atoms with Crippen LogP contribution in [-0.2, 0) is 4.79 Å². The molecular weight excluding hydrogens is 242 g/mol. The van der Waals surface area contributed by atoms with Gasteiger partial charge in [0.15, 0.2) is 0 Å². The van der Waals surface area contributed by atoms with Gasteiger partial charge in [-0.15, -0.1) is 0 Å². The molecule has 0 bridgehead atoms. The molecule has 0 aliphatic rings. The number of carbonyl (C=O) groups excluding carboxylic acids is 1. The molecule has 0 saturated carbocycles. The maximum atomic E-state index is 11.4. The number of para-hydroxylation sites is 1. The summed E-state index contributed by atoms with van der Waals surface area (Å²) in [6.45, 7) is 4.42. The first kappa shape index (κ1) is 11.2. The van der Waals surface area contributed by atoms with Crippen molar-refractivity contribution in [3.05, 3.63) is 28.7 Å². The Bertz CT molecular complexity index is 325. The van der Waals surface area contributed by atoms with E-state index in [4.69, 9.17) is 0 Å². The van der Waals surface area contributed by atoms with Gasteiger partial charge in [-0.1, -0.05) is 19.1 Å². The summed E-state index contributed by atoms with van der Waals surface area (Å²) >= 11 is 3.44. The molecule has 0 radical (unpaired) electrons. The van der Waals surface area contributed by atoms with Crippen molar-refractivity contribution in [3.63, 3.8) is 0 Å². The molecule has 0 heterocycles. The molecule has 76 valence electrons. The third-order valence-corrected chi connectivity index (χ3v) is 2.64. The van der Waals surface area contributed by atoms with E-state index >= 15 is 0 Å². The molecule has 0 atom stereocenters. The lowest BCUT2D eigenvalue weighted by Crippen LogP contribution is -2.29. The maximum absolute atomic E-state index is 11.4. The van der Waals surface area contributed by atoms with Crippen LogP contribution in [0.4, 0.5) is 5.69 Å². The van der Waals surface area contributed by atoms with Crippen LogP contribution >= 0.6 is 15.9 Å². The summed E-state index contributed by atoms with van der Waals surface area (Å²) in [6, 6.07) is 7.77. The molecule has 0 aliphatic carbocycles. The van der Waals surface area contributed by atoms with E-state index in [-0.39, 0.29) is 5.91 Å². The normalized spacial score (nSPS) is 9.93. The number of hydrogen-bond donors (Lipinski definition) is 0. The molecule has 0 aromatic heterocycles. The van der Waals surface area contributed by atoms with Gasteiger partial charge in [-0.2, -0.15) is 0 Å². The van der Waals surface area contributed by atoms with E-state index in [2.05, 4.69) is 22.9 Å². The van der Waals surface area contributed by atoms with Crippen LogP contribution in [0.1, 0.15) is 20.3 Å². The second-order valence-corrected chi connectivity index (χ2v) is 3.98. The number of anilines is 1. The highest BCUT2D eigenvalue weighted by Crippen LogP contribution is 2.25. The largest absolute Gasteiger partial charge is 0.312 e. The Balaban J connectivity index is 2.99. The first-order chi connectivity index (χ1) is 6.66. The van der Waals surface area contributed by atoms with Gasteiger partial charge in [0.25, 0.3) is 0 Å². The van der Waals surface area contributed by atoms with E-state index < -0.39 is 0 Å².